The zero-order chi connectivity index (χ0) is 19.3. The van der Waals surface area contributed by atoms with E-state index in [1.165, 1.54) is 16.9 Å². The molecule has 3 aromatic rings. The van der Waals surface area contributed by atoms with E-state index in [-0.39, 0.29) is 5.91 Å². The number of aromatic nitrogens is 1. The first-order chi connectivity index (χ1) is 13.6. The second kappa shape index (κ2) is 6.74. The van der Waals surface area contributed by atoms with Gasteiger partial charge in [-0.25, -0.2) is 4.98 Å². The largest absolute Gasteiger partial charge is 0.375 e. The maximum Gasteiger partial charge on any atom is 0.253 e. The molecule has 1 aliphatic heterocycles. The van der Waals surface area contributed by atoms with Crippen LogP contribution < -0.4 is 5.73 Å². The third kappa shape index (κ3) is 3.00. The molecule has 1 aliphatic carbocycles. The van der Waals surface area contributed by atoms with Gasteiger partial charge in [-0.15, -0.1) is 0 Å². The quantitative estimate of drug-likeness (QED) is 0.635. The second-order valence-corrected chi connectivity index (χ2v) is 9.00. The number of nitrogens with two attached hydrogens (primary N) is 1. The standard InChI is InChI=1S/C23H23N3OS/c1-14-9-21-20(25-23(24)28-21)11-19(14)15-7-4-8-16(10-15)22(27)26-12-17-5-2-3-6-18(17)13-26/h2-4,7-11,17-18H,5-6,12-13H2,1H3,(H2,24,25)/t17-,18+. The van der Waals surface area contributed by atoms with Gasteiger partial charge in [0.2, 0.25) is 0 Å². The normalized spacial score (nSPS) is 21.2. The van der Waals surface area contributed by atoms with E-state index in [4.69, 9.17) is 5.73 Å². The van der Waals surface area contributed by atoms with E-state index >= 15 is 0 Å². The molecule has 0 bridgehead atoms. The van der Waals surface area contributed by atoms with Gasteiger partial charge in [-0.3, -0.25) is 4.79 Å². The Bertz CT molecular complexity index is 1080. The highest BCUT2D eigenvalue weighted by Crippen LogP contribution is 2.35. The number of likely N-dealkylation sites (tertiary alicyclic amines) is 1. The molecule has 1 fully saturated rings. The number of rotatable bonds is 2. The van der Waals surface area contributed by atoms with Crippen LogP contribution in [0.3, 0.4) is 0 Å². The van der Waals surface area contributed by atoms with E-state index in [1.807, 2.05) is 23.1 Å². The summed E-state index contributed by atoms with van der Waals surface area (Å²) in [4.78, 5) is 19.6. The molecule has 2 aromatic carbocycles. The Morgan fingerprint density at radius 2 is 1.89 bits per heavy atom. The molecule has 1 saturated heterocycles. The molecule has 2 N–H and O–H groups in total. The Kier molecular flexibility index (Phi) is 4.20. The summed E-state index contributed by atoms with van der Waals surface area (Å²) < 4.78 is 1.10. The zero-order valence-corrected chi connectivity index (χ0v) is 16.7. The van der Waals surface area contributed by atoms with Crippen LogP contribution in [0, 0.1) is 18.8 Å². The number of allylic oxidation sites excluding steroid dienone is 2. The summed E-state index contributed by atoms with van der Waals surface area (Å²) in [5.41, 5.74) is 10.9. The van der Waals surface area contributed by atoms with Gasteiger partial charge in [0.1, 0.15) is 0 Å². The van der Waals surface area contributed by atoms with Gasteiger partial charge in [-0.2, -0.15) is 0 Å². The highest BCUT2D eigenvalue weighted by Gasteiger charge is 2.35. The maximum atomic E-state index is 13.2. The number of hydrogen-bond donors (Lipinski definition) is 1. The fraction of sp³-hybridized carbons (Fsp3) is 0.304. The fourth-order valence-corrected chi connectivity index (χ4v) is 5.40. The van der Waals surface area contributed by atoms with Gasteiger partial charge in [0.25, 0.3) is 5.91 Å². The number of amides is 1. The van der Waals surface area contributed by atoms with E-state index in [9.17, 15) is 4.79 Å². The van der Waals surface area contributed by atoms with Crippen molar-refractivity contribution in [2.24, 2.45) is 11.8 Å². The van der Waals surface area contributed by atoms with Gasteiger partial charge in [0.05, 0.1) is 10.2 Å². The van der Waals surface area contributed by atoms with Crippen LogP contribution in [0.25, 0.3) is 21.3 Å². The van der Waals surface area contributed by atoms with Crippen molar-refractivity contribution in [1.82, 2.24) is 9.88 Å². The molecule has 142 valence electrons. The minimum absolute atomic E-state index is 0.146. The third-order valence-corrected chi connectivity index (χ3v) is 6.93. The van der Waals surface area contributed by atoms with Crippen molar-refractivity contribution in [3.05, 3.63) is 59.7 Å². The first kappa shape index (κ1) is 17.4. The first-order valence-corrected chi connectivity index (χ1v) is 10.6. The lowest BCUT2D eigenvalue weighted by Gasteiger charge is -2.17. The van der Waals surface area contributed by atoms with Gasteiger partial charge in [-0.1, -0.05) is 35.6 Å². The van der Waals surface area contributed by atoms with Crippen LogP contribution in [0.5, 0.6) is 0 Å². The van der Waals surface area contributed by atoms with E-state index in [0.29, 0.717) is 17.0 Å². The van der Waals surface area contributed by atoms with Gasteiger partial charge >= 0.3 is 0 Å². The first-order valence-electron chi connectivity index (χ1n) is 9.80. The summed E-state index contributed by atoms with van der Waals surface area (Å²) in [7, 11) is 0. The number of carbonyl (C=O) groups is 1. The van der Waals surface area contributed by atoms with Crippen molar-refractivity contribution >= 4 is 32.6 Å². The van der Waals surface area contributed by atoms with Crippen molar-refractivity contribution in [2.75, 3.05) is 18.8 Å². The van der Waals surface area contributed by atoms with Crippen molar-refractivity contribution in [1.29, 1.82) is 0 Å². The number of aryl methyl sites for hydroxylation is 1. The Morgan fingerprint density at radius 1 is 1.14 bits per heavy atom. The Labute approximate surface area is 168 Å². The Balaban J connectivity index is 1.45. The lowest BCUT2D eigenvalue weighted by Crippen LogP contribution is -2.29. The van der Waals surface area contributed by atoms with Gasteiger partial charge in [0.15, 0.2) is 5.13 Å². The number of hydrogen-bond acceptors (Lipinski definition) is 4. The number of thiazole rings is 1. The number of nitrogen functional groups attached to an aromatic ring is 1. The average Bonchev–Trinajstić information content (AvgIpc) is 3.29. The molecule has 0 unspecified atom stereocenters. The number of benzene rings is 2. The second-order valence-electron chi connectivity index (χ2n) is 7.94. The number of carbonyl (C=O) groups excluding carboxylic acids is 1. The number of fused-ring (bicyclic) bond motifs is 2. The summed E-state index contributed by atoms with van der Waals surface area (Å²) in [5, 5.41) is 0.584. The lowest BCUT2D eigenvalue weighted by molar-refractivity contribution is 0.0784. The predicted molar refractivity (Wildman–Crippen MR) is 115 cm³/mol. The van der Waals surface area contributed by atoms with E-state index in [0.717, 1.165) is 52.8 Å². The molecule has 0 saturated carbocycles. The minimum atomic E-state index is 0.146. The molecule has 28 heavy (non-hydrogen) atoms. The molecular formula is C23H23N3OS. The summed E-state index contributed by atoms with van der Waals surface area (Å²) in [6.45, 7) is 3.85. The molecular weight excluding hydrogens is 366 g/mol. The van der Waals surface area contributed by atoms with Crippen molar-refractivity contribution in [2.45, 2.75) is 19.8 Å². The van der Waals surface area contributed by atoms with E-state index in [1.54, 1.807) is 0 Å². The SMILES string of the molecule is Cc1cc2sc(N)nc2cc1-c1cccc(C(=O)N2C[C@H]3CC=CC[C@H]3C2)c1. The summed E-state index contributed by atoms with van der Waals surface area (Å²) in [6, 6.07) is 12.2. The maximum absolute atomic E-state index is 13.2. The summed E-state index contributed by atoms with van der Waals surface area (Å²) in [6.07, 6.45) is 6.73. The molecule has 2 heterocycles. The molecule has 1 aromatic heterocycles. The lowest BCUT2D eigenvalue weighted by atomic mass is 9.86. The predicted octanol–water partition coefficient (Wildman–Crippen LogP) is 4.89. The monoisotopic (exact) mass is 389 g/mol. The van der Waals surface area contributed by atoms with Crippen LogP contribution >= 0.6 is 11.3 Å². The van der Waals surface area contributed by atoms with E-state index in [2.05, 4.69) is 42.3 Å². The molecule has 2 atom stereocenters. The topological polar surface area (TPSA) is 59.2 Å². The number of nitrogens with zero attached hydrogens (tertiary/aromatic N) is 2. The van der Waals surface area contributed by atoms with Crippen molar-refractivity contribution in [3.63, 3.8) is 0 Å². The highest BCUT2D eigenvalue weighted by atomic mass is 32.1. The molecule has 1 amide bonds. The highest BCUT2D eigenvalue weighted by molar-refractivity contribution is 7.22. The minimum Gasteiger partial charge on any atom is -0.375 e. The Morgan fingerprint density at radius 3 is 2.64 bits per heavy atom. The molecule has 0 spiro atoms. The van der Waals surface area contributed by atoms with Crippen LogP contribution in [-0.4, -0.2) is 28.9 Å². The van der Waals surface area contributed by atoms with Gasteiger partial charge < -0.3 is 10.6 Å². The van der Waals surface area contributed by atoms with Crippen LogP contribution in [0.1, 0.15) is 28.8 Å². The van der Waals surface area contributed by atoms with Gasteiger partial charge in [-0.05, 0) is 72.6 Å². The van der Waals surface area contributed by atoms with Gasteiger partial charge in [0, 0.05) is 18.7 Å². The fourth-order valence-electron chi connectivity index (χ4n) is 4.59. The van der Waals surface area contributed by atoms with Crippen molar-refractivity contribution in [3.8, 4) is 11.1 Å². The molecule has 4 nitrogen and oxygen atoms in total. The van der Waals surface area contributed by atoms with Crippen LogP contribution in [0.2, 0.25) is 0 Å². The van der Waals surface area contributed by atoms with Crippen LogP contribution in [0.15, 0.2) is 48.6 Å². The molecule has 0 radical (unpaired) electrons. The summed E-state index contributed by atoms with van der Waals surface area (Å²) >= 11 is 1.51. The zero-order valence-electron chi connectivity index (χ0n) is 15.9. The molecule has 5 heteroatoms. The molecule has 5 rings (SSSR count). The third-order valence-electron chi connectivity index (χ3n) is 6.08. The van der Waals surface area contributed by atoms with E-state index < -0.39 is 0 Å². The summed E-state index contributed by atoms with van der Waals surface area (Å²) in [5.74, 6) is 1.39. The average molecular weight is 390 g/mol. The smallest absolute Gasteiger partial charge is 0.253 e. The molecule has 2 aliphatic rings. The van der Waals surface area contributed by atoms with Crippen LogP contribution in [0.4, 0.5) is 5.13 Å². The van der Waals surface area contributed by atoms with Crippen LogP contribution in [-0.2, 0) is 0 Å². The number of anilines is 1. The van der Waals surface area contributed by atoms with Crippen molar-refractivity contribution < 1.29 is 4.79 Å². The Hall–Kier alpha value is -2.66.